The van der Waals surface area contributed by atoms with E-state index in [2.05, 4.69) is 15.9 Å². The molecule has 0 heterocycles. The highest BCUT2D eigenvalue weighted by atomic mass is 79.9. The fraction of sp³-hybridized carbons (Fsp3) is 0.400. The first-order valence-corrected chi connectivity index (χ1v) is 5.22. The predicted octanol–water partition coefficient (Wildman–Crippen LogP) is 1.46. The predicted molar refractivity (Wildman–Crippen MR) is 61.3 cm³/mol. The number of hydrogen-bond donors (Lipinski definition) is 2. The van der Waals surface area contributed by atoms with Gasteiger partial charge in [0.25, 0.3) is 0 Å². The van der Waals surface area contributed by atoms with E-state index in [1.165, 1.54) is 0 Å². The maximum atomic E-state index is 9.60. The van der Waals surface area contributed by atoms with Crippen LogP contribution in [0.2, 0.25) is 0 Å². The Morgan fingerprint density at radius 3 is 2.53 bits per heavy atom. The molecule has 84 valence electrons. The molecule has 5 heteroatoms. The molecule has 0 bridgehead atoms. The number of nitrogens with two attached hydrogens (primary N) is 1. The van der Waals surface area contributed by atoms with E-state index in [9.17, 15) is 5.11 Å². The van der Waals surface area contributed by atoms with E-state index in [0.29, 0.717) is 17.1 Å². The highest BCUT2D eigenvalue weighted by Crippen LogP contribution is 2.37. The smallest absolute Gasteiger partial charge is 0.174 e. The largest absolute Gasteiger partial charge is 0.493 e. The fourth-order valence-corrected chi connectivity index (χ4v) is 1.89. The maximum absolute atomic E-state index is 9.60. The van der Waals surface area contributed by atoms with E-state index >= 15 is 0 Å². The molecule has 0 spiro atoms. The molecule has 1 rings (SSSR count). The number of hydrogen-bond acceptors (Lipinski definition) is 4. The van der Waals surface area contributed by atoms with Crippen LogP contribution in [0.5, 0.6) is 11.5 Å². The van der Waals surface area contributed by atoms with Gasteiger partial charge >= 0.3 is 0 Å². The summed E-state index contributed by atoms with van der Waals surface area (Å²) in [5.41, 5.74) is 6.08. The van der Waals surface area contributed by atoms with Crippen LogP contribution in [0.3, 0.4) is 0 Å². The third-order valence-corrected chi connectivity index (χ3v) is 2.65. The zero-order chi connectivity index (χ0) is 11.4. The molecule has 0 amide bonds. The van der Waals surface area contributed by atoms with E-state index < -0.39 is 6.10 Å². The highest BCUT2D eigenvalue weighted by molar-refractivity contribution is 9.10. The minimum absolute atomic E-state index is 0.169. The average molecular weight is 276 g/mol. The van der Waals surface area contributed by atoms with Crippen LogP contribution in [0, 0.1) is 0 Å². The van der Waals surface area contributed by atoms with E-state index in [4.69, 9.17) is 15.2 Å². The Bertz CT molecular complexity index is 344. The SMILES string of the molecule is COc1cc([C@@H](O)CN)cc(Br)c1OC. The number of rotatable bonds is 4. The summed E-state index contributed by atoms with van der Waals surface area (Å²) in [6.45, 7) is 0.169. The van der Waals surface area contributed by atoms with Crippen molar-refractivity contribution in [1.82, 2.24) is 0 Å². The van der Waals surface area contributed by atoms with Crippen LogP contribution in [-0.4, -0.2) is 25.9 Å². The van der Waals surface area contributed by atoms with Gasteiger partial charge in [-0.3, -0.25) is 0 Å². The zero-order valence-corrected chi connectivity index (χ0v) is 10.2. The standard InChI is InChI=1S/C10H14BrNO3/c1-14-9-4-6(8(13)5-12)3-7(11)10(9)15-2/h3-4,8,13H,5,12H2,1-2H3/t8-/m0/s1. The number of ether oxygens (including phenoxy) is 2. The van der Waals surface area contributed by atoms with Gasteiger partial charge in [-0.15, -0.1) is 0 Å². The fourth-order valence-electron chi connectivity index (χ4n) is 1.27. The van der Waals surface area contributed by atoms with Crippen LogP contribution in [0.4, 0.5) is 0 Å². The van der Waals surface area contributed by atoms with E-state index in [1.54, 1.807) is 26.4 Å². The van der Waals surface area contributed by atoms with Crippen molar-refractivity contribution in [2.75, 3.05) is 20.8 Å². The van der Waals surface area contributed by atoms with E-state index in [-0.39, 0.29) is 6.54 Å². The summed E-state index contributed by atoms with van der Waals surface area (Å²) in [4.78, 5) is 0. The van der Waals surface area contributed by atoms with Gasteiger partial charge in [-0.25, -0.2) is 0 Å². The topological polar surface area (TPSA) is 64.7 Å². The summed E-state index contributed by atoms with van der Waals surface area (Å²) in [6, 6.07) is 3.47. The molecule has 15 heavy (non-hydrogen) atoms. The number of methoxy groups -OCH3 is 2. The van der Waals surface area contributed by atoms with Crippen LogP contribution in [0.25, 0.3) is 0 Å². The molecule has 0 aliphatic heterocycles. The van der Waals surface area contributed by atoms with Crippen LogP contribution in [0.15, 0.2) is 16.6 Å². The second-order valence-electron chi connectivity index (χ2n) is 2.99. The lowest BCUT2D eigenvalue weighted by Crippen LogP contribution is -2.11. The van der Waals surface area contributed by atoms with Gasteiger partial charge in [0.2, 0.25) is 0 Å². The Kier molecular flexibility index (Phi) is 4.38. The molecule has 0 aromatic heterocycles. The molecule has 0 saturated heterocycles. The third kappa shape index (κ3) is 2.62. The molecule has 0 aliphatic carbocycles. The quantitative estimate of drug-likeness (QED) is 0.873. The first-order valence-electron chi connectivity index (χ1n) is 4.43. The van der Waals surface area contributed by atoms with Gasteiger partial charge in [-0.1, -0.05) is 0 Å². The average Bonchev–Trinajstić information content (AvgIpc) is 2.26. The summed E-state index contributed by atoms with van der Waals surface area (Å²) >= 11 is 3.34. The van der Waals surface area contributed by atoms with Crippen molar-refractivity contribution in [3.05, 3.63) is 22.2 Å². The van der Waals surface area contributed by atoms with Gasteiger partial charge in [0.15, 0.2) is 11.5 Å². The summed E-state index contributed by atoms with van der Waals surface area (Å²) in [5.74, 6) is 1.17. The van der Waals surface area contributed by atoms with Gasteiger partial charge in [-0.2, -0.15) is 0 Å². The highest BCUT2D eigenvalue weighted by Gasteiger charge is 2.14. The first kappa shape index (κ1) is 12.3. The van der Waals surface area contributed by atoms with Crippen LogP contribution in [0.1, 0.15) is 11.7 Å². The molecule has 0 unspecified atom stereocenters. The Morgan fingerprint density at radius 1 is 1.40 bits per heavy atom. The van der Waals surface area contributed by atoms with Gasteiger partial charge in [0.05, 0.1) is 24.8 Å². The summed E-state index contributed by atoms with van der Waals surface area (Å²) < 4.78 is 11.0. The van der Waals surface area contributed by atoms with Crippen LogP contribution in [-0.2, 0) is 0 Å². The Balaban J connectivity index is 3.19. The van der Waals surface area contributed by atoms with Gasteiger partial charge in [0.1, 0.15) is 0 Å². The molecule has 1 atom stereocenters. The van der Waals surface area contributed by atoms with Crippen molar-refractivity contribution in [2.45, 2.75) is 6.10 Å². The van der Waals surface area contributed by atoms with Crippen molar-refractivity contribution in [3.8, 4) is 11.5 Å². The lowest BCUT2D eigenvalue weighted by atomic mass is 10.1. The lowest BCUT2D eigenvalue weighted by Gasteiger charge is -2.14. The van der Waals surface area contributed by atoms with Crippen molar-refractivity contribution in [1.29, 1.82) is 0 Å². The molecule has 4 nitrogen and oxygen atoms in total. The van der Waals surface area contributed by atoms with Crippen molar-refractivity contribution < 1.29 is 14.6 Å². The normalized spacial score (nSPS) is 12.3. The Hall–Kier alpha value is -0.780. The number of aliphatic hydroxyl groups excluding tert-OH is 1. The number of halogens is 1. The first-order chi connectivity index (χ1) is 7.13. The Labute approximate surface area is 97.1 Å². The van der Waals surface area contributed by atoms with Gasteiger partial charge in [-0.05, 0) is 33.6 Å². The summed E-state index contributed by atoms with van der Waals surface area (Å²) in [7, 11) is 3.10. The minimum atomic E-state index is -0.693. The zero-order valence-electron chi connectivity index (χ0n) is 8.66. The molecule has 0 aliphatic rings. The van der Waals surface area contributed by atoms with Gasteiger partial charge in [0, 0.05) is 6.54 Å². The van der Waals surface area contributed by atoms with Gasteiger partial charge < -0.3 is 20.3 Å². The van der Waals surface area contributed by atoms with Crippen LogP contribution >= 0.6 is 15.9 Å². The monoisotopic (exact) mass is 275 g/mol. The molecule has 1 aromatic rings. The second kappa shape index (κ2) is 5.34. The maximum Gasteiger partial charge on any atom is 0.174 e. The van der Waals surface area contributed by atoms with Crippen molar-refractivity contribution in [2.24, 2.45) is 5.73 Å². The summed E-state index contributed by atoms with van der Waals surface area (Å²) in [5, 5.41) is 9.60. The molecule has 0 radical (unpaired) electrons. The number of aliphatic hydroxyl groups is 1. The van der Waals surface area contributed by atoms with Crippen molar-refractivity contribution in [3.63, 3.8) is 0 Å². The van der Waals surface area contributed by atoms with E-state index in [0.717, 1.165) is 4.47 Å². The lowest BCUT2D eigenvalue weighted by molar-refractivity contribution is 0.186. The molecule has 0 fully saturated rings. The minimum Gasteiger partial charge on any atom is -0.493 e. The molecular formula is C10H14BrNO3. The Morgan fingerprint density at radius 2 is 2.07 bits per heavy atom. The molecule has 3 N–H and O–H groups in total. The van der Waals surface area contributed by atoms with Crippen LogP contribution < -0.4 is 15.2 Å². The molecule has 0 saturated carbocycles. The van der Waals surface area contributed by atoms with E-state index in [1.807, 2.05) is 0 Å². The molecule has 1 aromatic carbocycles. The number of benzene rings is 1. The third-order valence-electron chi connectivity index (χ3n) is 2.06. The second-order valence-corrected chi connectivity index (χ2v) is 3.84. The summed E-state index contributed by atoms with van der Waals surface area (Å²) in [6.07, 6.45) is -0.693. The molecular weight excluding hydrogens is 262 g/mol. The van der Waals surface area contributed by atoms with Crippen molar-refractivity contribution >= 4 is 15.9 Å².